The van der Waals surface area contributed by atoms with Gasteiger partial charge in [-0.05, 0) is 48.4 Å². The third-order valence-corrected chi connectivity index (χ3v) is 3.91. The lowest BCUT2D eigenvalue weighted by molar-refractivity contribution is 0.452. The van der Waals surface area contributed by atoms with Crippen molar-refractivity contribution in [1.29, 1.82) is 0 Å². The van der Waals surface area contributed by atoms with Crippen molar-refractivity contribution >= 4 is 0 Å². The van der Waals surface area contributed by atoms with Crippen LogP contribution in [0.15, 0.2) is 42.6 Å². The molecule has 0 saturated heterocycles. The first-order valence-corrected chi connectivity index (χ1v) is 6.49. The molecule has 1 aromatic heterocycles. The van der Waals surface area contributed by atoms with Crippen LogP contribution in [-0.4, -0.2) is 4.98 Å². The van der Waals surface area contributed by atoms with Crippen LogP contribution in [0.5, 0.6) is 0 Å². The molecule has 0 fully saturated rings. The van der Waals surface area contributed by atoms with Crippen molar-refractivity contribution < 1.29 is 0 Å². The van der Waals surface area contributed by atoms with Gasteiger partial charge in [0.15, 0.2) is 0 Å². The summed E-state index contributed by atoms with van der Waals surface area (Å²) in [5, 5.41) is 0. The fourth-order valence-electron chi connectivity index (χ4n) is 2.80. The normalized spacial score (nSPS) is 16.6. The summed E-state index contributed by atoms with van der Waals surface area (Å²) in [6.07, 6.45) is 4.10. The number of aromatic nitrogens is 1. The first-order valence-electron chi connectivity index (χ1n) is 6.49. The van der Waals surface area contributed by atoms with Crippen LogP contribution in [0.3, 0.4) is 0 Å². The summed E-state index contributed by atoms with van der Waals surface area (Å²) < 4.78 is 0. The molecule has 1 atom stereocenters. The molecule has 2 heteroatoms. The molecule has 2 nitrogen and oxygen atoms in total. The van der Waals surface area contributed by atoms with Gasteiger partial charge in [0.1, 0.15) is 0 Å². The average Bonchev–Trinajstić information content (AvgIpc) is 2.82. The maximum Gasteiger partial charge on any atom is 0.0372 e. The number of benzene rings is 1. The fraction of sp³-hybridized carbons (Fsp3) is 0.312. The molecule has 2 aromatic rings. The van der Waals surface area contributed by atoms with Crippen LogP contribution in [0.4, 0.5) is 0 Å². The summed E-state index contributed by atoms with van der Waals surface area (Å²) in [6.45, 7) is 2.00. The van der Waals surface area contributed by atoms with Gasteiger partial charge in [-0.2, -0.15) is 0 Å². The zero-order valence-electron chi connectivity index (χ0n) is 10.6. The second-order valence-electron chi connectivity index (χ2n) is 5.20. The minimum Gasteiger partial charge on any atom is -0.324 e. The highest BCUT2D eigenvalue weighted by molar-refractivity contribution is 5.33. The molecular formula is C16H18N2. The second-order valence-corrected chi connectivity index (χ2v) is 5.20. The highest BCUT2D eigenvalue weighted by atomic mass is 14.7. The quantitative estimate of drug-likeness (QED) is 0.873. The van der Waals surface area contributed by atoms with E-state index >= 15 is 0 Å². The van der Waals surface area contributed by atoms with Gasteiger partial charge in [-0.1, -0.05) is 30.3 Å². The maximum atomic E-state index is 6.39. The third kappa shape index (κ3) is 2.04. The summed E-state index contributed by atoms with van der Waals surface area (Å²) in [5.41, 5.74) is 11.5. The molecule has 1 aliphatic rings. The molecule has 1 unspecified atom stereocenters. The predicted octanol–water partition coefficient (Wildman–Crippen LogP) is 2.80. The van der Waals surface area contributed by atoms with Gasteiger partial charge in [0.2, 0.25) is 0 Å². The predicted molar refractivity (Wildman–Crippen MR) is 73.2 cm³/mol. The van der Waals surface area contributed by atoms with Crippen molar-refractivity contribution in [2.45, 2.75) is 25.8 Å². The van der Waals surface area contributed by atoms with Crippen molar-refractivity contribution in [3.05, 3.63) is 65.0 Å². The van der Waals surface area contributed by atoms with Crippen LogP contribution in [0, 0.1) is 12.8 Å². The molecule has 2 N–H and O–H groups in total. The Labute approximate surface area is 108 Å². The van der Waals surface area contributed by atoms with Crippen molar-refractivity contribution in [2.24, 2.45) is 11.7 Å². The Morgan fingerprint density at radius 2 is 1.78 bits per heavy atom. The summed E-state index contributed by atoms with van der Waals surface area (Å²) in [4.78, 5) is 4.34. The monoisotopic (exact) mass is 238 g/mol. The van der Waals surface area contributed by atoms with Gasteiger partial charge in [0.25, 0.3) is 0 Å². The molecule has 0 saturated carbocycles. The summed E-state index contributed by atoms with van der Waals surface area (Å²) in [5.74, 6) is 0.506. The Balaban J connectivity index is 1.80. The molecule has 0 radical (unpaired) electrons. The van der Waals surface area contributed by atoms with E-state index in [1.807, 2.05) is 19.2 Å². The molecule has 1 heterocycles. The van der Waals surface area contributed by atoms with Crippen LogP contribution in [0.2, 0.25) is 0 Å². The van der Waals surface area contributed by atoms with Gasteiger partial charge >= 0.3 is 0 Å². The molecule has 0 amide bonds. The Hall–Kier alpha value is -1.67. The number of rotatable bonds is 2. The number of aryl methyl sites for hydroxylation is 1. The summed E-state index contributed by atoms with van der Waals surface area (Å²) in [6, 6.07) is 12.9. The van der Waals surface area contributed by atoms with Gasteiger partial charge in [-0.3, -0.25) is 4.98 Å². The van der Waals surface area contributed by atoms with Gasteiger partial charge in [-0.15, -0.1) is 0 Å². The van der Waals surface area contributed by atoms with E-state index in [-0.39, 0.29) is 6.04 Å². The molecule has 92 valence electrons. The third-order valence-electron chi connectivity index (χ3n) is 3.91. The van der Waals surface area contributed by atoms with Crippen LogP contribution in [0.1, 0.15) is 28.4 Å². The topological polar surface area (TPSA) is 38.9 Å². The SMILES string of the molecule is Cc1ccc(C(N)C2Cc3ccccc3C2)cn1. The van der Waals surface area contributed by atoms with Crippen LogP contribution >= 0.6 is 0 Å². The lowest BCUT2D eigenvalue weighted by Crippen LogP contribution is -2.22. The molecule has 1 aliphatic carbocycles. The van der Waals surface area contributed by atoms with Crippen LogP contribution in [0.25, 0.3) is 0 Å². The second kappa shape index (κ2) is 4.54. The van der Waals surface area contributed by atoms with E-state index in [2.05, 4.69) is 35.3 Å². The summed E-state index contributed by atoms with van der Waals surface area (Å²) in [7, 11) is 0. The number of fused-ring (bicyclic) bond motifs is 1. The smallest absolute Gasteiger partial charge is 0.0372 e. The molecule has 0 spiro atoms. The minimum absolute atomic E-state index is 0.0884. The lowest BCUT2D eigenvalue weighted by atomic mass is 9.92. The van der Waals surface area contributed by atoms with E-state index in [4.69, 9.17) is 5.73 Å². The number of pyridine rings is 1. The standard InChI is InChI=1S/C16H18N2/c1-11-6-7-14(10-18-11)16(17)15-8-12-4-2-3-5-13(12)9-15/h2-7,10,15-16H,8-9,17H2,1H3. The largest absolute Gasteiger partial charge is 0.324 e. The fourth-order valence-corrected chi connectivity index (χ4v) is 2.80. The molecule has 0 aliphatic heterocycles. The van der Waals surface area contributed by atoms with Crippen LogP contribution in [-0.2, 0) is 12.8 Å². The number of hydrogen-bond donors (Lipinski definition) is 1. The minimum atomic E-state index is 0.0884. The highest BCUT2D eigenvalue weighted by Crippen LogP contribution is 2.33. The molecule has 3 rings (SSSR count). The lowest BCUT2D eigenvalue weighted by Gasteiger charge is -2.19. The zero-order valence-corrected chi connectivity index (χ0v) is 10.6. The highest BCUT2D eigenvalue weighted by Gasteiger charge is 2.27. The Kier molecular flexibility index (Phi) is 2.88. The molecule has 1 aromatic carbocycles. The maximum absolute atomic E-state index is 6.39. The van der Waals surface area contributed by atoms with E-state index in [1.165, 1.54) is 11.1 Å². The van der Waals surface area contributed by atoms with Gasteiger partial charge in [-0.25, -0.2) is 0 Å². The Morgan fingerprint density at radius 1 is 1.11 bits per heavy atom. The molecular weight excluding hydrogens is 220 g/mol. The van der Waals surface area contributed by atoms with E-state index in [0.29, 0.717) is 5.92 Å². The van der Waals surface area contributed by atoms with Crippen molar-refractivity contribution in [3.63, 3.8) is 0 Å². The summed E-state index contributed by atoms with van der Waals surface area (Å²) >= 11 is 0. The van der Waals surface area contributed by atoms with Crippen molar-refractivity contribution in [2.75, 3.05) is 0 Å². The van der Waals surface area contributed by atoms with Crippen molar-refractivity contribution in [3.8, 4) is 0 Å². The zero-order chi connectivity index (χ0) is 12.5. The Bertz CT molecular complexity index is 520. The van der Waals surface area contributed by atoms with Gasteiger partial charge in [0, 0.05) is 17.9 Å². The van der Waals surface area contributed by atoms with Crippen molar-refractivity contribution in [1.82, 2.24) is 4.98 Å². The van der Waals surface area contributed by atoms with E-state index in [9.17, 15) is 0 Å². The first-order chi connectivity index (χ1) is 8.74. The van der Waals surface area contributed by atoms with Crippen LogP contribution < -0.4 is 5.73 Å². The van der Waals surface area contributed by atoms with E-state index in [0.717, 1.165) is 24.1 Å². The molecule has 0 bridgehead atoms. The average molecular weight is 238 g/mol. The van der Waals surface area contributed by atoms with E-state index < -0.39 is 0 Å². The first kappa shape index (κ1) is 11.4. The molecule has 18 heavy (non-hydrogen) atoms. The van der Waals surface area contributed by atoms with Gasteiger partial charge in [0.05, 0.1) is 0 Å². The Morgan fingerprint density at radius 3 is 2.33 bits per heavy atom. The number of hydrogen-bond acceptors (Lipinski definition) is 2. The van der Waals surface area contributed by atoms with E-state index in [1.54, 1.807) is 0 Å². The number of nitrogens with two attached hydrogens (primary N) is 1. The van der Waals surface area contributed by atoms with Gasteiger partial charge < -0.3 is 5.73 Å². The number of nitrogens with zero attached hydrogens (tertiary/aromatic N) is 1.